The number of anilines is 1. The molecule has 8 heteroatoms. The summed E-state index contributed by atoms with van der Waals surface area (Å²) < 4.78 is 17.7. The van der Waals surface area contributed by atoms with Crippen LogP contribution in [0.25, 0.3) is 0 Å². The molecule has 3 aromatic rings. The Bertz CT molecular complexity index is 1020. The number of aliphatic hydroxyl groups is 2. The second kappa shape index (κ2) is 13.5. The van der Waals surface area contributed by atoms with Gasteiger partial charge in [-0.15, -0.1) is 11.8 Å². The van der Waals surface area contributed by atoms with E-state index in [0.29, 0.717) is 22.7 Å². The van der Waals surface area contributed by atoms with Crippen molar-refractivity contribution < 1.29 is 29.2 Å². The topological polar surface area (TPSA) is 97.3 Å². The van der Waals surface area contributed by atoms with Gasteiger partial charge in [0.25, 0.3) is 0 Å². The number of hydrogen-bond donors (Lipinski definition) is 3. The number of amides is 1. The van der Waals surface area contributed by atoms with Crippen molar-refractivity contribution in [3.05, 3.63) is 84.4 Å². The quantitative estimate of drug-likeness (QED) is 0.315. The highest BCUT2D eigenvalue weighted by Gasteiger charge is 2.31. The van der Waals surface area contributed by atoms with Crippen LogP contribution in [-0.4, -0.2) is 48.5 Å². The van der Waals surface area contributed by atoms with E-state index in [9.17, 15) is 15.0 Å². The first kappa shape index (κ1) is 25.4. The summed E-state index contributed by atoms with van der Waals surface area (Å²) in [5.74, 6) is 1.04. The van der Waals surface area contributed by atoms with Gasteiger partial charge in [-0.2, -0.15) is 0 Å². The number of nitrogens with one attached hydrogen (secondary N) is 1. The Morgan fingerprint density at radius 3 is 2.32 bits per heavy atom. The second-order valence-corrected chi connectivity index (χ2v) is 8.15. The molecule has 0 aliphatic heterocycles. The molecule has 3 rings (SSSR count). The molecular formula is C26H29NO6S. The summed E-state index contributed by atoms with van der Waals surface area (Å²) in [4.78, 5) is 14.0. The lowest BCUT2D eigenvalue weighted by atomic mass is 10.0. The Morgan fingerprint density at radius 2 is 1.65 bits per heavy atom. The van der Waals surface area contributed by atoms with Gasteiger partial charge < -0.3 is 24.4 Å². The highest BCUT2D eigenvalue weighted by molar-refractivity contribution is 7.98. The van der Waals surface area contributed by atoms with Gasteiger partial charge in [0.2, 0.25) is 0 Å². The minimum absolute atomic E-state index is 0.0852. The van der Waals surface area contributed by atoms with Gasteiger partial charge in [0.1, 0.15) is 24.2 Å². The molecule has 7 nitrogen and oxygen atoms in total. The first-order valence-electron chi connectivity index (χ1n) is 10.9. The van der Waals surface area contributed by atoms with Crippen LogP contribution in [-0.2, 0) is 4.74 Å². The van der Waals surface area contributed by atoms with E-state index in [1.165, 1.54) is 0 Å². The number of thioether (sulfide) groups is 1. The smallest absolute Gasteiger partial charge is 0.412 e. The minimum atomic E-state index is -0.896. The fraction of sp³-hybridized carbons (Fsp3) is 0.269. The van der Waals surface area contributed by atoms with Crippen LogP contribution in [0.15, 0.2) is 83.8 Å². The number of carbonyl (C=O) groups is 1. The molecule has 2 atom stereocenters. The minimum Gasteiger partial charge on any atom is -0.491 e. The molecular weight excluding hydrogens is 454 g/mol. The van der Waals surface area contributed by atoms with Crippen LogP contribution in [0.3, 0.4) is 0 Å². The fourth-order valence-corrected chi connectivity index (χ4v) is 3.76. The Balaban J connectivity index is 1.89. The number of rotatable bonds is 12. The molecule has 3 N–H and O–H groups in total. The molecule has 0 bridgehead atoms. The van der Waals surface area contributed by atoms with E-state index in [4.69, 9.17) is 14.2 Å². The third-order valence-electron chi connectivity index (χ3n) is 4.93. The molecule has 0 heterocycles. The van der Waals surface area contributed by atoms with Gasteiger partial charge in [-0.05, 0) is 48.7 Å². The van der Waals surface area contributed by atoms with Crippen LogP contribution in [0.1, 0.15) is 18.1 Å². The van der Waals surface area contributed by atoms with Gasteiger partial charge in [0, 0.05) is 29.2 Å². The SMILES string of the molecule is CSc1ccc(NC(=O)O[C@H](c2ccccc2OCCO)[C@@H](CCO)Oc2ccccc2)cc1. The molecule has 0 saturated carbocycles. The summed E-state index contributed by atoms with van der Waals surface area (Å²) in [6.07, 6.45) is -0.0722. The van der Waals surface area contributed by atoms with Gasteiger partial charge in [-0.25, -0.2) is 4.79 Å². The Kier molecular flexibility index (Phi) is 10.1. The lowest BCUT2D eigenvalue weighted by molar-refractivity contribution is 0.00751. The molecule has 0 fully saturated rings. The van der Waals surface area contributed by atoms with Crippen LogP contribution >= 0.6 is 11.8 Å². The average molecular weight is 484 g/mol. The highest BCUT2D eigenvalue weighted by atomic mass is 32.2. The van der Waals surface area contributed by atoms with E-state index in [1.807, 2.05) is 36.6 Å². The van der Waals surface area contributed by atoms with Crippen LogP contribution in [0.4, 0.5) is 10.5 Å². The van der Waals surface area contributed by atoms with Crippen molar-refractivity contribution in [3.63, 3.8) is 0 Å². The predicted molar refractivity (Wildman–Crippen MR) is 133 cm³/mol. The number of carbonyl (C=O) groups excluding carboxylic acids is 1. The number of aliphatic hydroxyl groups excluding tert-OH is 2. The van der Waals surface area contributed by atoms with E-state index in [1.54, 1.807) is 60.3 Å². The molecule has 3 aromatic carbocycles. The van der Waals surface area contributed by atoms with Gasteiger partial charge in [0.05, 0.1) is 6.61 Å². The maximum atomic E-state index is 12.9. The van der Waals surface area contributed by atoms with Gasteiger partial charge in [0.15, 0.2) is 6.10 Å². The largest absolute Gasteiger partial charge is 0.491 e. The Morgan fingerprint density at radius 1 is 0.941 bits per heavy atom. The molecule has 0 radical (unpaired) electrons. The lowest BCUT2D eigenvalue weighted by Crippen LogP contribution is -2.32. The molecule has 1 amide bonds. The van der Waals surface area contributed by atoms with E-state index < -0.39 is 18.3 Å². The van der Waals surface area contributed by atoms with Crippen molar-refractivity contribution in [2.45, 2.75) is 23.5 Å². The number of ether oxygens (including phenoxy) is 3. The third-order valence-corrected chi connectivity index (χ3v) is 5.67. The van der Waals surface area contributed by atoms with Gasteiger partial charge in [-0.1, -0.05) is 36.4 Å². The summed E-state index contributed by atoms with van der Waals surface area (Å²) in [6.45, 7) is -0.246. The Hall–Kier alpha value is -3.20. The average Bonchev–Trinajstić information content (AvgIpc) is 2.87. The maximum absolute atomic E-state index is 12.9. The monoisotopic (exact) mass is 483 g/mol. The van der Waals surface area contributed by atoms with Gasteiger partial charge in [-0.3, -0.25) is 5.32 Å². The van der Waals surface area contributed by atoms with Crippen molar-refractivity contribution in [3.8, 4) is 11.5 Å². The van der Waals surface area contributed by atoms with Crippen molar-refractivity contribution in [1.29, 1.82) is 0 Å². The van der Waals surface area contributed by atoms with Crippen molar-refractivity contribution in [1.82, 2.24) is 0 Å². The highest BCUT2D eigenvalue weighted by Crippen LogP contribution is 2.34. The summed E-state index contributed by atoms with van der Waals surface area (Å²) in [6, 6.07) is 23.6. The maximum Gasteiger partial charge on any atom is 0.412 e. The zero-order chi connectivity index (χ0) is 24.2. The first-order chi connectivity index (χ1) is 16.6. The Labute approximate surface area is 203 Å². The van der Waals surface area contributed by atoms with Crippen molar-refractivity contribution in [2.24, 2.45) is 0 Å². The molecule has 0 unspecified atom stereocenters. The summed E-state index contributed by atoms with van der Waals surface area (Å²) in [7, 11) is 0. The zero-order valence-electron chi connectivity index (χ0n) is 18.9. The van der Waals surface area contributed by atoms with E-state index in [2.05, 4.69) is 5.32 Å². The first-order valence-corrected chi connectivity index (χ1v) is 12.1. The molecule has 0 aliphatic rings. The van der Waals surface area contributed by atoms with Crippen LogP contribution in [0.5, 0.6) is 11.5 Å². The molecule has 34 heavy (non-hydrogen) atoms. The van der Waals surface area contributed by atoms with E-state index in [0.717, 1.165) is 4.90 Å². The number of para-hydroxylation sites is 2. The van der Waals surface area contributed by atoms with Crippen molar-refractivity contribution in [2.75, 3.05) is 31.4 Å². The fourth-order valence-electron chi connectivity index (χ4n) is 3.35. The van der Waals surface area contributed by atoms with Crippen LogP contribution < -0.4 is 14.8 Å². The van der Waals surface area contributed by atoms with Gasteiger partial charge >= 0.3 is 6.09 Å². The molecule has 0 aliphatic carbocycles. The molecule has 0 spiro atoms. The standard InChI is InChI=1S/C26H29NO6S/c1-34-21-13-11-19(12-14-21)27-26(30)33-25(22-9-5-6-10-23(22)31-18-17-29)24(15-16-28)32-20-7-3-2-4-8-20/h2-14,24-25,28-29H,15-18H2,1H3,(H,27,30)/t24-,25-/m1/s1. The summed E-state index contributed by atoms with van der Waals surface area (Å²) >= 11 is 1.61. The third kappa shape index (κ3) is 7.41. The normalized spacial score (nSPS) is 12.4. The van der Waals surface area contributed by atoms with E-state index >= 15 is 0 Å². The van der Waals surface area contributed by atoms with E-state index in [-0.39, 0.29) is 26.2 Å². The number of benzene rings is 3. The van der Waals surface area contributed by atoms with Crippen LogP contribution in [0.2, 0.25) is 0 Å². The summed E-state index contributed by atoms with van der Waals surface area (Å²) in [5.41, 5.74) is 1.16. The zero-order valence-corrected chi connectivity index (χ0v) is 19.7. The second-order valence-electron chi connectivity index (χ2n) is 7.27. The molecule has 0 saturated heterocycles. The molecule has 180 valence electrons. The summed E-state index contributed by atoms with van der Waals surface area (Å²) in [5, 5.41) is 21.7. The van der Waals surface area contributed by atoms with Crippen LogP contribution in [0, 0.1) is 0 Å². The number of hydrogen-bond acceptors (Lipinski definition) is 7. The lowest BCUT2D eigenvalue weighted by Gasteiger charge is -2.29. The predicted octanol–water partition coefficient (Wildman–Crippen LogP) is 4.90. The van der Waals surface area contributed by atoms with Crippen molar-refractivity contribution >= 4 is 23.5 Å². The molecule has 0 aromatic heterocycles.